The molecule has 0 heterocycles. The Morgan fingerprint density at radius 2 is 1.83 bits per heavy atom. The van der Waals surface area contributed by atoms with Crippen LogP contribution >= 0.6 is 0 Å². The van der Waals surface area contributed by atoms with Crippen molar-refractivity contribution in [2.75, 3.05) is 18.5 Å². The lowest BCUT2D eigenvalue weighted by atomic mass is 10.1. The van der Waals surface area contributed by atoms with Crippen LogP contribution in [-0.4, -0.2) is 31.1 Å². The smallest absolute Gasteiger partial charge is 0.319 e. The molecule has 2 aromatic carbocycles. The second-order valence-electron chi connectivity index (χ2n) is 6.66. The first-order valence-electron chi connectivity index (χ1n) is 9.66. The second-order valence-corrected chi connectivity index (χ2v) is 6.66. The molecular weight excluding hydrogens is 380 g/mol. The first kappa shape index (κ1) is 22.6. The van der Waals surface area contributed by atoms with Crippen LogP contribution in [0.25, 0.3) is 6.08 Å². The van der Waals surface area contributed by atoms with Crippen LogP contribution in [-0.2, 0) is 0 Å². The molecule has 2 N–H and O–H groups in total. The third-order valence-electron chi connectivity index (χ3n) is 3.85. The largest absolute Gasteiger partial charge is 0.490 e. The predicted octanol–water partition coefficient (Wildman–Crippen LogP) is 4.52. The van der Waals surface area contributed by atoms with Crippen molar-refractivity contribution in [1.82, 2.24) is 5.32 Å². The first-order chi connectivity index (χ1) is 14.4. The average Bonchev–Trinajstić information content (AvgIpc) is 2.71. The highest BCUT2D eigenvalue weighted by molar-refractivity contribution is 6.07. The number of benzene rings is 2. The summed E-state index contributed by atoms with van der Waals surface area (Å²) in [7, 11) is 0. The van der Waals surface area contributed by atoms with Gasteiger partial charge in [-0.1, -0.05) is 18.1 Å². The number of allylic oxidation sites excluding steroid dienone is 1. The Bertz CT molecular complexity index is 941. The average molecular weight is 406 g/mol. The Morgan fingerprint density at radius 1 is 1.10 bits per heavy atom. The van der Waals surface area contributed by atoms with E-state index in [0.717, 1.165) is 5.56 Å². The maximum Gasteiger partial charge on any atom is 0.319 e. The number of hydrogen-bond acceptors (Lipinski definition) is 4. The summed E-state index contributed by atoms with van der Waals surface area (Å²) in [6.07, 6.45) is 8.42. The number of rotatable bonds is 9. The molecule has 0 atom stereocenters. The van der Waals surface area contributed by atoms with E-state index in [1.807, 2.05) is 26.8 Å². The molecular formula is C24H26N2O4. The lowest BCUT2D eigenvalue weighted by Crippen LogP contribution is -2.34. The van der Waals surface area contributed by atoms with Gasteiger partial charge in [0.25, 0.3) is 0 Å². The molecule has 0 spiro atoms. The third-order valence-corrected chi connectivity index (χ3v) is 3.85. The minimum atomic E-state index is -0.288. The Kier molecular flexibility index (Phi) is 8.52. The molecule has 2 rings (SSSR count). The Hall–Kier alpha value is -3.72. The van der Waals surface area contributed by atoms with Gasteiger partial charge in [0.05, 0.1) is 6.61 Å². The quantitative estimate of drug-likeness (QED) is 0.365. The van der Waals surface area contributed by atoms with Crippen LogP contribution in [0.15, 0.2) is 48.5 Å². The number of amides is 2. The van der Waals surface area contributed by atoms with E-state index in [9.17, 15) is 9.59 Å². The summed E-state index contributed by atoms with van der Waals surface area (Å²) >= 11 is 0. The monoisotopic (exact) mass is 406 g/mol. The number of hydrogen-bond donors (Lipinski definition) is 2. The van der Waals surface area contributed by atoms with Crippen molar-refractivity contribution < 1.29 is 19.1 Å². The van der Waals surface area contributed by atoms with Crippen LogP contribution in [0, 0.1) is 12.3 Å². The minimum absolute atomic E-state index is 0.0391. The number of carbonyl (C=O) groups excluding carboxylic acids is 2. The van der Waals surface area contributed by atoms with Gasteiger partial charge in [0.1, 0.15) is 6.61 Å². The fourth-order valence-corrected chi connectivity index (χ4v) is 2.55. The van der Waals surface area contributed by atoms with Crippen LogP contribution in [0.2, 0.25) is 0 Å². The van der Waals surface area contributed by atoms with Crippen LogP contribution in [0.3, 0.4) is 0 Å². The molecule has 0 unspecified atom stereocenters. The number of anilines is 1. The van der Waals surface area contributed by atoms with Crippen LogP contribution in [0.5, 0.6) is 11.5 Å². The zero-order valence-corrected chi connectivity index (χ0v) is 17.4. The molecule has 0 bridgehead atoms. The fraction of sp³-hybridized carbons (Fsp3) is 0.250. The van der Waals surface area contributed by atoms with Gasteiger partial charge >= 0.3 is 6.03 Å². The fourth-order valence-electron chi connectivity index (χ4n) is 2.55. The van der Waals surface area contributed by atoms with E-state index >= 15 is 0 Å². The normalized spacial score (nSPS) is 10.5. The van der Waals surface area contributed by atoms with Crippen molar-refractivity contribution in [1.29, 1.82) is 0 Å². The first-order valence-corrected chi connectivity index (χ1v) is 9.66. The highest BCUT2D eigenvalue weighted by atomic mass is 16.5. The van der Waals surface area contributed by atoms with Crippen molar-refractivity contribution in [3.63, 3.8) is 0 Å². The predicted molar refractivity (Wildman–Crippen MR) is 119 cm³/mol. The molecule has 0 aliphatic carbocycles. The molecule has 0 fully saturated rings. The van der Waals surface area contributed by atoms with E-state index in [-0.39, 0.29) is 24.5 Å². The van der Waals surface area contributed by atoms with Gasteiger partial charge in [0, 0.05) is 17.3 Å². The molecule has 0 aromatic heterocycles. The third kappa shape index (κ3) is 7.02. The maximum absolute atomic E-state index is 12.5. The van der Waals surface area contributed by atoms with Gasteiger partial charge in [-0.15, -0.1) is 6.42 Å². The number of carbonyl (C=O) groups is 2. The SMILES string of the molecule is C#CCOc1ccc(C=CC(=O)c2ccc(NC(=O)NC(C)C)cc2)cc1OCC. The van der Waals surface area contributed by atoms with E-state index in [1.165, 1.54) is 6.08 Å². The number of ketones is 1. The molecule has 6 heteroatoms. The lowest BCUT2D eigenvalue weighted by Gasteiger charge is -2.11. The zero-order chi connectivity index (χ0) is 21.9. The van der Waals surface area contributed by atoms with Gasteiger partial charge in [0.15, 0.2) is 17.3 Å². The van der Waals surface area contributed by atoms with E-state index in [4.69, 9.17) is 15.9 Å². The van der Waals surface area contributed by atoms with Crippen LogP contribution < -0.4 is 20.1 Å². The Morgan fingerprint density at radius 3 is 2.47 bits per heavy atom. The van der Waals surface area contributed by atoms with Crippen molar-refractivity contribution >= 4 is 23.6 Å². The van der Waals surface area contributed by atoms with Crippen molar-refractivity contribution in [2.45, 2.75) is 26.8 Å². The topological polar surface area (TPSA) is 76.7 Å². The van der Waals surface area contributed by atoms with E-state index in [1.54, 1.807) is 42.5 Å². The standard InChI is InChI=1S/C24H26N2O4/c1-5-15-30-22-14-8-18(16-23(22)29-6-2)7-13-21(27)19-9-11-20(12-10-19)26-24(28)25-17(3)4/h1,7-14,16-17H,6,15H2,2-4H3,(H2,25,26,28). The minimum Gasteiger partial charge on any atom is -0.490 e. The molecule has 2 aromatic rings. The number of urea groups is 1. The van der Waals surface area contributed by atoms with E-state index in [2.05, 4.69) is 16.6 Å². The number of nitrogens with one attached hydrogen (secondary N) is 2. The molecule has 0 aliphatic heterocycles. The zero-order valence-electron chi connectivity index (χ0n) is 17.4. The summed E-state index contributed by atoms with van der Waals surface area (Å²) in [5.74, 6) is 3.39. The van der Waals surface area contributed by atoms with E-state index < -0.39 is 0 Å². The van der Waals surface area contributed by atoms with Gasteiger partial charge in [-0.3, -0.25) is 4.79 Å². The Balaban J connectivity index is 2.05. The molecule has 0 saturated heterocycles. The maximum atomic E-state index is 12.5. The summed E-state index contributed by atoms with van der Waals surface area (Å²) in [6.45, 7) is 6.26. The second kappa shape index (κ2) is 11.3. The summed E-state index contributed by atoms with van der Waals surface area (Å²) < 4.78 is 11.0. The molecule has 0 radical (unpaired) electrons. The van der Waals surface area contributed by atoms with E-state index in [0.29, 0.717) is 29.4 Å². The van der Waals surface area contributed by atoms with Gasteiger partial charge in [-0.2, -0.15) is 0 Å². The van der Waals surface area contributed by atoms with Crippen molar-refractivity contribution in [3.05, 3.63) is 59.7 Å². The van der Waals surface area contributed by atoms with Gasteiger partial charge in [-0.05, 0) is 68.8 Å². The molecule has 0 saturated carbocycles. The summed E-state index contributed by atoms with van der Waals surface area (Å²) in [4.78, 5) is 24.2. The van der Waals surface area contributed by atoms with Gasteiger partial charge in [0.2, 0.25) is 0 Å². The van der Waals surface area contributed by atoms with Crippen LogP contribution in [0.4, 0.5) is 10.5 Å². The number of ether oxygens (including phenoxy) is 2. The van der Waals surface area contributed by atoms with Crippen LogP contribution in [0.1, 0.15) is 36.7 Å². The lowest BCUT2D eigenvalue weighted by molar-refractivity contribution is 0.104. The van der Waals surface area contributed by atoms with Gasteiger partial charge < -0.3 is 20.1 Å². The molecule has 30 heavy (non-hydrogen) atoms. The highest BCUT2D eigenvalue weighted by Crippen LogP contribution is 2.29. The van der Waals surface area contributed by atoms with Crippen molar-refractivity contribution in [3.8, 4) is 23.8 Å². The number of terminal acetylenes is 1. The molecule has 6 nitrogen and oxygen atoms in total. The van der Waals surface area contributed by atoms with Gasteiger partial charge in [-0.25, -0.2) is 4.79 Å². The summed E-state index contributed by atoms with van der Waals surface area (Å²) in [6, 6.07) is 11.8. The molecule has 156 valence electrons. The Labute approximate surface area is 177 Å². The molecule has 0 aliphatic rings. The highest BCUT2D eigenvalue weighted by Gasteiger charge is 2.07. The molecule has 2 amide bonds. The van der Waals surface area contributed by atoms with Crippen molar-refractivity contribution in [2.24, 2.45) is 0 Å². The summed E-state index contributed by atoms with van der Waals surface area (Å²) in [5.41, 5.74) is 1.92. The summed E-state index contributed by atoms with van der Waals surface area (Å²) in [5, 5.41) is 5.46.